The highest BCUT2D eigenvalue weighted by molar-refractivity contribution is 9.10. The van der Waals surface area contributed by atoms with Crippen LogP contribution in [0.2, 0.25) is 0 Å². The molecule has 2 fully saturated rings. The number of likely N-dealkylation sites (N-methyl/N-ethyl adjacent to an activating group) is 1. The van der Waals surface area contributed by atoms with Gasteiger partial charge in [0.2, 0.25) is 5.91 Å². The Morgan fingerprint density at radius 1 is 1.05 bits per heavy atom. The van der Waals surface area contributed by atoms with Crippen molar-refractivity contribution in [3.8, 4) is 5.75 Å². The third-order valence-electron chi connectivity index (χ3n) is 8.06. The fourth-order valence-corrected chi connectivity index (χ4v) is 6.67. The number of phenolic OH excluding ortho intramolecular Hbond substituents is 1. The second-order valence-corrected chi connectivity index (χ2v) is 11.3. The van der Waals surface area contributed by atoms with Crippen molar-refractivity contribution in [3.05, 3.63) is 63.6 Å². The summed E-state index contributed by atoms with van der Waals surface area (Å²) < 4.78 is 0.800. The van der Waals surface area contributed by atoms with Crippen LogP contribution in [-0.4, -0.2) is 81.1 Å². The van der Waals surface area contributed by atoms with Crippen molar-refractivity contribution in [2.75, 3.05) is 14.1 Å². The minimum absolute atomic E-state index is 0.195. The van der Waals surface area contributed by atoms with Gasteiger partial charge in [0.05, 0.1) is 29.5 Å². The number of phenols is 1. The number of rotatable bonds is 3. The first-order valence-corrected chi connectivity index (χ1v) is 12.9. The third-order valence-corrected chi connectivity index (χ3v) is 8.59. The number of nitrogens with two attached hydrogens (primary N) is 1. The molecule has 5 N–H and O–H groups in total. The number of aliphatic hydroxyl groups is 2. The summed E-state index contributed by atoms with van der Waals surface area (Å²) in [7, 11) is 2.89. The second-order valence-electron chi connectivity index (χ2n) is 10.4. The van der Waals surface area contributed by atoms with E-state index in [0.29, 0.717) is 11.1 Å². The Labute approximate surface area is 231 Å². The number of carbonyl (C=O) groups is 5. The summed E-state index contributed by atoms with van der Waals surface area (Å²) in [6.07, 6.45) is -0.105. The molecule has 3 aliphatic carbocycles. The molecule has 7 atom stereocenters. The summed E-state index contributed by atoms with van der Waals surface area (Å²) in [5.41, 5.74) is 3.31. The predicted octanol–water partition coefficient (Wildman–Crippen LogP) is 0.598. The molecule has 5 rings (SSSR count). The normalized spacial score (nSPS) is 33.1. The molecule has 11 heteroatoms. The fourth-order valence-electron chi connectivity index (χ4n) is 6.41. The van der Waals surface area contributed by atoms with Gasteiger partial charge in [-0.15, -0.1) is 0 Å². The Morgan fingerprint density at radius 3 is 2.28 bits per heavy atom. The molecule has 202 valence electrons. The number of hydrogen-bond donors (Lipinski definition) is 4. The molecule has 0 aliphatic heterocycles. The van der Waals surface area contributed by atoms with Gasteiger partial charge in [-0.05, 0) is 49.0 Å². The summed E-state index contributed by atoms with van der Waals surface area (Å²) in [5.74, 6) is -13.2. The van der Waals surface area contributed by atoms with E-state index in [2.05, 4.69) is 15.9 Å². The van der Waals surface area contributed by atoms with E-state index in [1.54, 1.807) is 36.4 Å². The van der Waals surface area contributed by atoms with Crippen LogP contribution in [0.1, 0.15) is 21.5 Å². The van der Waals surface area contributed by atoms with Gasteiger partial charge in [-0.3, -0.25) is 28.9 Å². The lowest BCUT2D eigenvalue weighted by Crippen LogP contribution is -2.77. The van der Waals surface area contributed by atoms with E-state index in [9.17, 15) is 39.3 Å². The Hall–Kier alpha value is -3.51. The monoisotopic (exact) mass is 596 g/mol. The molecule has 2 aromatic rings. The van der Waals surface area contributed by atoms with Gasteiger partial charge >= 0.3 is 0 Å². The Kier molecular flexibility index (Phi) is 6.46. The first kappa shape index (κ1) is 27.1. The van der Waals surface area contributed by atoms with Crippen molar-refractivity contribution < 1.29 is 39.3 Å². The Morgan fingerprint density at radius 2 is 1.69 bits per heavy atom. The summed E-state index contributed by atoms with van der Waals surface area (Å²) in [4.78, 5) is 68.1. The zero-order valence-electron chi connectivity index (χ0n) is 20.9. The Balaban J connectivity index is 1.79. The summed E-state index contributed by atoms with van der Waals surface area (Å²) in [6, 6.07) is 9.96. The van der Waals surface area contributed by atoms with Crippen molar-refractivity contribution >= 4 is 56.6 Å². The number of halogens is 1. The van der Waals surface area contributed by atoms with E-state index >= 15 is 0 Å². The van der Waals surface area contributed by atoms with E-state index < -0.39 is 76.2 Å². The van der Waals surface area contributed by atoms with Crippen LogP contribution < -0.4 is 5.73 Å². The summed E-state index contributed by atoms with van der Waals surface area (Å²) >= 11 is 3.36. The van der Waals surface area contributed by atoms with E-state index in [1.165, 1.54) is 31.1 Å². The summed E-state index contributed by atoms with van der Waals surface area (Å²) in [5, 5.41) is 34.2. The van der Waals surface area contributed by atoms with E-state index in [1.807, 2.05) is 0 Å². The van der Waals surface area contributed by atoms with Crippen molar-refractivity contribution in [1.29, 1.82) is 0 Å². The number of nitrogens with zero attached hydrogens (tertiary/aromatic N) is 1. The minimum Gasteiger partial charge on any atom is -0.507 e. The van der Waals surface area contributed by atoms with Gasteiger partial charge in [0.25, 0.3) is 0 Å². The van der Waals surface area contributed by atoms with Crippen LogP contribution in [0.5, 0.6) is 5.75 Å². The lowest BCUT2D eigenvalue weighted by atomic mass is 9.50. The molecule has 1 amide bonds. The molecular formula is C28H25BrN2O8. The van der Waals surface area contributed by atoms with Gasteiger partial charge in [0.1, 0.15) is 5.75 Å². The molecule has 2 unspecified atom stereocenters. The molecule has 0 spiro atoms. The van der Waals surface area contributed by atoms with Crippen LogP contribution in [0.4, 0.5) is 0 Å². The van der Waals surface area contributed by atoms with Crippen molar-refractivity contribution in [2.45, 2.75) is 17.7 Å². The number of amides is 1. The maximum Gasteiger partial charge on any atom is 0.235 e. The minimum atomic E-state index is -3.05. The Bertz CT molecular complexity index is 1480. The molecule has 0 radical (unpaired) electrons. The number of ketones is 4. The van der Waals surface area contributed by atoms with E-state index in [-0.39, 0.29) is 11.1 Å². The lowest BCUT2D eigenvalue weighted by molar-refractivity contribution is -0.192. The molecule has 39 heavy (non-hydrogen) atoms. The van der Waals surface area contributed by atoms with Crippen LogP contribution in [-0.2, 0) is 19.2 Å². The highest BCUT2D eigenvalue weighted by Gasteiger charge is 2.72. The number of benzene rings is 2. The molecule has 2 saturated carbocycles. The predicted molar refractivity (Wildman–Crippen MR) is 141 cm³/mol. The molecule has 0 aromatic heterocycles. The standard InChI is InChI=1S/C28H25BrN2O8/c1-31(2)21-20-23(34)17-14(10-11-6-8-12(29)9-7-11)13-4-3-5-15(32)16(13)22(33)18(17)25(36)28(20,39)26(37)19(24(21)35)27(30)38/h3-10,17-21,23,32,34,39H,1-2H3,(H2,30,38)/b14-10+/t17-,18?,19?,20-,21+,23+,28+/m0/s1. The SMILES string of the molecule is CN(C)[C@H]1C(=O)C(C(N)=O)C(=O)[C@]2(O)C(=O)C3C(=O)c4c(O)cccc4/C(=C\c4ccc(Br)cc4)[C@@H]3[C@@H](O)[C@H]12. The summed E-state index contributed by atoms with van der Waals surface area (Å²) in [6.45, 7) is 0. The first-order valence-electron chi connectivity index (χ1n) is 12.1. The smallest absolute Gasteiger partial charge is 0.235 e. The fraction of sp³-hybridized carbons (Fsp3) is 0.321. The van der Waals surface area contributed by atoms with Crippen LogP contribution in [0.3, 0.4) is 0 Å². The molecule has 0 heterocycles. The number of primary amides is 1. The van der Waals surface area contributed by atoms with Crippen molar-refractivity contribution in [2.24, 2.45) is 29.4 Å². The number of aliphatic hydroxyl groups excluding tert-OH is 1. The molecule has 0 bridgehead atoms. The molecule has 2 aromatic carbocycles. The molecule has 10 nitrogen and oxygen atoms in total. The van der Waals surface area contributed by atoms with Gasteiger partial charge in [0, 0.05) is 10.4 Å². The highest BCUT2D eigenvalue weighted by Crippen LogP contribution is 2.54. The molecular weight excluding hydrogens is 572 g/mol. The third kappa shape index (κ3) is 3.75. The highest BCUT2D eigenvalue weighted by atomic mass is 79.9. The zero-order chi connectivity index (χ0) is 28.5. The number of carbonyl (C=O) groups excluding carboxylic acids is 5. The average molecular weight is 597 g/mol. The van der Waals surface area contributed by atoms with Gasteiger partial charge < -0.3 is 21.1 Å². The molecule has 0 saturated heterocycles. The quantitative estimate of drug-likeness (QED) is 0.369. The maximum absolute atomic E-state index is 14.1. The second kappa shape index (κ2) is 9.30. The maximum atomic E-state index is 14.1. The van der Waals surface area contributed by atoms with Gasteiger partial charge in [0.15, 0.2) is 34.7 Å². The van der Waals surface area contributed by atoms with Crippen LogP contribution in [0.25, 0.3) is 11.6 Å². The first-order chi connectivity index (χ1) is 18.3. The van der Waals surface area contributed by atoms with Crippen molar-refractivity contribution in [3.63, 3.8) is 0 Å². The number of fused-ring (bicyclic) bond motifs is 3. The van der Waals surface area contributed by atoms with E-state index in [4.69, 9.17) is 5.73 Å². The number of Topliss-reactive ketones (excluding diaryl/α,β-unsaturated/α-hetero) is 4. The van der Waals surface area contributed by atoms with Crippen molar-refractivity contribution in [1.82, 2.24) is 4.90 Å². The average Bonchev–Trinajstić information content (AvgIpc) is 2.86. The number of hydrogen-bond acceptors (Lipinski definition) is 9. The van der Waals surface area contributed by atoms with Crippen LogP contribution in [0, 0.1) is 23.7 Å². The zero-order valence-corrected chi connectivity index (χ0v) is 22.5. The van der Waals surface area contributed by atoms with Crippen LogP contribution in [0.15, 0.2) is 46.9 Å². The van der Waals surface area contributed by atoms with Gasteiger partial charge in [-0.1, -0.05) is 46.3 Å². The van der Waals surface area contributed by atoms with E-state index in [0.717, 1.165) is 4.47 Å². The largest absolute Gasteiger partial charge is 0.507 e. The molecule has 3 aliphatic rings. The van der Waals surface area contributed by atoms with Crippen LogP contribution >= 0.6 is 15.9 Å². The van der Waals surface area contributed by atoms with Gasteiger partial charge in [-0.2, -0.15) is 0 Å². The number of aromatic hydroxyl groups is 1. The topological polar surface area (TPSA) is 175 Å². The van der Waals surface area contributed by atoms with Gasteiger partial charge in [-0.25, -0.2) is 0 Å². The lowest BCUT2D eigenvalue weighted by Gasteiger charge is -2.55.